The van der Waals surface area contributed by atoms with Crippen LogP contribution in [0.4, 0.5) is 10.5 Å². The summed E-state index contributed by atoms with van der Waals surface area (Å²) in [5.41, 5.74) is -0.120. The molecule has 2 aromatic carbocycles. The molecule has 18 heteroatoms. The Labute approximate surface area is 422 Å². The number of rotatable bonds is 5. The van der Waals surface area contributed by atoms with Gasteiger partial charge in [0.25, 0.3) is 11.7 Å². The van der Waals surface area contributed by atoms with Crippen molar-refractivity contribution >= 4 is 34.2 Å². The van der Waals surface area contributed by atoms with Crippen molar-refractivity contribution in [3.05, 3.63) is 58.0 Å². The molecule has 7 aliphatic rings. The Morgan fingerprint density at radius 2 is 1.58 bits per heavy atom. The molecule has 0 aliphatic carbocycles. The molecule has 9 atom stereocenters. The molecule has 9 rings (SSSR count). The molecule has 2 amide bonds. The molecule has 7 aliphatic heterocycles. The summed E-state index contributed by atoms with van der Waals surface area (Å²) in [7, 11) is 1.50. The predicted octanol–water partition coefficient (Wildman–Crippen LogP) is 5.12. The van der Waals surface area contributed by atoms with Gasteiger partial charge in [-0.05, 0) is 38.7 Å². The highest BCUT2D eigenvalue weighted by molar-refractivity contribution is 6.21. The molecule has 1 spiro atoms. The normalized spacial score (nSPS) is 32.6. The molecule has 2 aromatic rings. The predicted molar refractivity (Wildman–Crippen MR) is 269 cm³/mol. The number of morpholine rings is 1. The van der Waals surface area contributed by atoms with Crippen LogP contribution in [0.5, 0.6) is 17.2 Å². The van der Waals surface area contributed by atoms with Crippen LogP contribution in [0.2, 0.25) is 0 Å². The first-order valence-electron chi connectivity index (χ1n) is 25.9. The van der Waals surface area contributed by atoms with Crippen LogP contribution in [0.1, 0.15) is 97.0 Å². The number of aliphatic hydroxyl groups is 2. The van der Waals surface area contributed by atoms with Gasteiger partial charge in [0, 0.05) is 119 Å². The minimum Gasteiger partial charge on any atom is -0.507 e. The van der Waals surface area contributed by atoms with Gasteiger partial charge in [-0.15, -0.1) is 0 Å². The van der Waals surface area contributed by atoms with Gasteiger partial charge in [-0.3, -0.25) is 19.5 Å². The molecule has 0 saturated carbocycles. The Kier molecular flexibility index (Phi) is 15.8. The van der Waals surface area contributed by atoms with Crippen LogP contribution < -0.4 is 20.8 Å². The van der Waals surface area contributed by atoms with Gasteiger partial charge >= 0.3 is 11.9 Å². The lowest BCUT2D eigenvalue weighted by Gasteiger charge is -2.41. The number of amides is 2. The fourth-order valence-corrected chi connectivity index (χ4v) is 11.6. The monoisotopic (exact) mass is 1000 g/mol. The first-order valence-corrected chi connectivity index (χ1v) is 25.9. The molecular formula is C54H76N6O12. The van der Waals surface area contributed by atoms with E-state index in [0.717, 1.165) is 45.6 Å². The summed E-state index contributed by atoms with van der Waals surface area (Å²) in [6.07, 6.45) is 6.09. The zero-order chi connectivity index (χ0) is 52.0. The average Bonchev–Trinajstić information content (AvgIpc) is 3.87. The van der Waals surface area contributed by atoms with Crippen LogP contribution in [0.3, 0.4) is 0 Å². The number of fused-ring (bicyclic) bond motifs is 13. The quantitative estimate of drug-likeness (QED) is 0.245. The second kappa shape index (κ2) is 21.4. The largest absolute Gasteiger partial charge is 0.507 e. The van der Waals surface area contributed by atoms with Crippen molar-refractivity contribution in [2.24, 2.45) is 39.6 Å². The van der Waals surface area contributed by atoms with E-state index in [1.807, 2.05) is 6.92 Å². The van der Waals surface area contributed by atoms with Crippen molar-refractivity contribution in [2.45, 2.75) is 130 Å². The van der Waals surface area contributed by atoms with Gasteiger partial charge in [0.15, 0.2) is 5.75 Å². The number of carbonyl (C=O) groups excluding carboxylic acids is 3. The van der Waals surface area contributed by atoms with Crippen LogP contribution in [0, 0.1) is 36.5 Å². The summed E-state index contributed by atoms with van der Waals surface area (Å²) in [5.74, 6) is -6.17. The zero-order valence-corrected chi connectivity index (χ0v) is 43.6. The second-order valence-electron chi connectivity index (χ2n) is 21.6. The first-order chi connectivity index (χ1) is 34.2. The molecule has 72 heavy (non-hydrogen) atoms. The van der Waals surface area contributed by atoms with Gasteiger partial charge in [0.1, 0.15) is 34.0 Å². The van der Waals surface area contributed by atoms with Gasteiger partial charge < -0.3 is 59.2 Å². The molecule has 5 N–H and O–H groups in total. The summed E-state index contributed by atoms with van der Waals surface area (Å²) in [4.78, 5) is 59.2. The number of hydrogen-bond acceptors (Lipinski definition) is 16. The molecule has 394 valence electrons. The molecule has 3 fully saturated rings. The van der Waals surface area contributed by atoms with E-state index in [-0.39, 0.29) is 49.7 Å². The number of allylic oxidation sites excluding steroid dienone is 2. The van der Waals surface area contributed by atoms with Crippen LogP contribution in [0.25, 0.3) is 10.8 Å². The van der Waals surface area contributed by atoms with Gasteiger partial charge in [-0.1, -0.05) is 59.8 Å². The van der Waals surface area contributed by atoms with Crippen molar-refractivity contribution in [1.82, 2.24) is 14.7 Å². The number of Topliss-reactive ketones (excluding diaryl/α,β-unsaturated/α-hetero) is 1. The molecule has 18 nitrogen and oxygen atoms in total. The molecular weight excluding hydrogens is 925 g/mol. The smallest absolute Gasteiger partial charge is 0.410 e. The summed E-state index contributed by atoms with van der Waals surface area (Å²) in [6.45, 7) is 22.6. The van der Waals surface area contributed by atoms with E-state index in [2.05, 4.69) is 34.0 Å². The van der Waals surface area contributed by atoms with E-state index in [0.29, 0.717) is 56.8 Å². The summed E-state index contributed by atoms with van der Waals surface area (Å²) < 4.78 is 30.6. The average molecular weight is 1000 g/mol. The van der Waals surface area contributed by atoms with E-state index in [4.69, 9.17) is 28.7 Å². The number of piperidine rings is 2. The van der Waals surface area contributed by atoms with Crippen molar-refractivity contribution < 1.29 is 58.5 Å². The number of nitrogens with zero attached hydrogens (tertiary/aromatic N) is 5. The van der Waals surface area contributed by atoms with Gasteiger partial charge in [0.05, 0.1) is 54.4 Å². The van der Waals surface area contributed by atoms with E-state index in [1.54, 1.807) is 63.8 Å². The molecule has 5 bridgehead atoms. The number of carbonyl (C=O) groups is 3. The lowest BCUT2D eigenvalue weighted by Crippen LogP contribution is -2.52. The van der Waals surface area contributed by atoms with E-state index >= 15 is 0 Å². The Balaban J connectivity index is 1.18. The topological polar surface area (TPSA) is 225 Å². The SMILES string of the molecule is CO[C@H]1/C=C/O[C@@]2(C)Oc3c(C)c(O)c4c(O)c(c5c(c4c3C2=O)NC2(CCN(CC(C)C)CC2)N=5)=NC(=O)/C(C)=C\C=C\[C@H](C)[C@H](O)[C@@H](C)[C@@H](O)[C@@H](C)[C@H](OC(=O)N2CCC(N3CCOCC3)CC2)[C@@H]1C. The summed E-state index contributed by atoms with van der Waals surface area (Å²) >= 11 is 0. The third-order valence-corrected chi connectivity index (χ3v) is 16.1. The number of ketones is 1. The number of hydrogen-bond donors (Lipinski definition) is 5. The number of aromatic hydroxyl groups is 2. The number of anilines is 1. The second-order valence-corrected chi connectivity index (χ2v) is 21.6. The lowest BCUT2D eigenvalue weighted by atomic mass is 9.78. The maximum atomic E-state index is 15.0. The molecule has 3 saturated heterocycles. The molecule has 0 unspecified atom stereocenters. The zero-order valence-electron chi connectivity index (χ0n) is 43.6. The van der Waals surface area contributed by atoms with Gasteiger partial charge in [-0.2, -0.15) is 0 Å². The Morgan fingerprint density at radius 1 is 0.903 bits per heavy atom. The van der Waals surface area contributed by atoms with E-state index < -0.39 is 83.1 Å². The first kappa shape index (κ1) is 53.2. The third-order valence-electron chi connectivity index (χ3n) is 16.1. The Bertz CT molecular complexity index is 2610. The van der Waals surface area contributed by atoms with Crippen molar-refractivity contribution in [1.29, 1.82) is 0 Å². The van der Waals surface area contributed by atoms with Crippen LogP contribution in [0.15, 0.2) is 46.1 Å². The molecule has 7 heterocycles. The van der Waals surface area contributed by atoms with Crippen molar-refractivity contribution in [3.8, 4) is 17.2 Å². The fraction of sp³-hybridized carbons (Fsp3) is 0.648. The Morgan fingerprint density at radius 3 is 2.24 bits per heavy atom. The highest BCUT2D eigenvalue weighted by Crippen LogP contribution is 2.51. The number of methoxy groups -OCH3 is 1. The van der Waals surface area contributed by atoms with E-state index in [9.17, 15) is 34.8 Å². The lowest BCUT2D eigenvalue weighted by molar-refractivity contribution is -0.114. The van der Waals surface area contributed by atoms with Crippen LogP contribution in [-0.4, -0.2) is 161 Å². The standard InChI is InChI=1S/C54H76N6O12/c1-29(2)28-58-21-17-54(18-22-58)56-41-38-39-46(63)35(8)49-40(38)50(65)53(9,72-49)70-25-16-37(68-10)32(5)48(71-52(67)60-19-14-36(15-20-60)59-23-26-69-27-24-59)34(7)45(62)33(6)44(61)30(3)12-11-13-31(4)51(66)55-43(47(39)64)42(41)57-54/h11-13,16,25,29-30,32-34,36-37,44-45,48,56,61-64H,14-15,17-24,26-28H2,1-10H3/b12-11+,25-16+,31-13-,55-43?/t30-,32+,33+,34+,37-,44-,45+,48+,53-/m0/s1. The maximum Gasteiger partial charge on any atom is 0.410 e. The maximum absolute atomic E-state index is 15.0. The van der Waals surface area contributed by atoms with Crippen LogP contribution >= 0.6 is 0 Å². The number of phenolic OH excluding ortho intramolecular Hbond substituents is 2. The molecule has 0 radical (unpaired) electrons. The number of benzene rings is 2. The summed E-state index contributed by atoms with van der Waals surface area (Å²) in [5, 5.41) is 51.6. The highest BCUT2D eigenvalue weighted by Gasteiger charge is 2.51. The van der Waals surface area contributed by atoms with Gasteiger partial charge in [0.2, 0.25) is 0 Å². The number of phenols is 2. The number of aliphatic hydroxyl groups excluding tert-OH is 2. The summed E-state index contributed by atoms with van der Waals surface area (Å²) in [6, 6.07) is 0.336. The minimum absolute atomic E-state index is 0.0548. The number of likely N-dealkylation sites (tertiary alicyclic amines) is 2. The van der Waals surface area contributed by atoms with Crippen molar-refractivity contribution in [3.63, 3.8) is 0 Å². The Hall–Kier alpha value is -5.11. The number of nitrogens with one attached hydrogen (secondary N) is 1. The molecule has 0 aromatic heterocycles. The van der Waals surface area contributed by atoms with Gasteiger partial charge in [-0.25, -0.2) is 9.79 Å². The van der Waals surface area contributed by atoms with E-state index in [1.165, 1.54) is 20.3 Å². The third kappa shape index (κ3) is 10.2. The van der Waals surface area contributed by atoms with Crippen molar-refractivity contribution in [2.75, 3.05) is 71.5 Å². The van der Waals surface area contributed by atoms with Crippen LogP contribution in [-0.2, 0) is 23.7 Å². The highest BCUT2D eigenvalue weighted by atomic mass is 16.7. The number of ether oxygens (including phenoxy) is 5. The minimum atomic E-state index is -1.98. The fourth-order valence-electron chi connectivity index (χ4n) is 11.6.